The summed E-state index contributed by atoms with van der Waals surface area (Å²) < 4.78 is 12.1. The van der Waals surface area contributed by atoms with Gasteiger partial charge in [0.15, 0.2) is 5.43 Å². The van der Waals surface area contributed by atoms with Gasteiger partial charge >= 0.3 is 0 Å². The molecule has 1 atom stereocenters. The summed E-state index contributed by atoms with van der Waals surface area (Å²) in [6, 6.07) is 17.5. The summed E-state index contributed by atoms with van der Waals surface area (Å²) in [5.74, 6) is 0.877. The molecule has 2 heterocycles. The van der Waals surface area contributed by atoms with Crippen LogP contribution in [0, 0.1) is 12.8 Å². The Morgan fingerprint density at radius 2 is 1.78 bits per heavy atom. The van der Waals surface area contributed by atoms with Gasteiger partial charge in [-0.25, -0.2) is 0 Å². The van der Waals surface area contributed by atoms with Gasteiger partial charge in [-0.2, -0.15) is 0 Å². The van der Waals surface area contributed by atoms with Gasteiger partial charge < -0.3 is 14.1 Å². The van der Waals surface area contributed by atoms with Crippen molar-refractivity contribution in [3.8, 4) is 5.75 Å². The van der Waals surface area contributed by atoms with Crippen LogP contribution in [0.3, 0.4) is 0 Å². The molecule has 1 unspecified atom stereocenters. The number of hydrogen-bond acceptors (Lipinski definition) is 4. The van der Waals surface area contributed by atoms with Gasteiger partial charge in [0, 0.05) is 16.6 Å². The fourth-order valence-electron chi connectivity index (χ4n) is 4.65. The van der Waals surface area contributed by atoms with Gasteiger partial charge in [0.2, 0.25) is 5.76 Å². The van der Waals surface area contributed by atoms with E-state index in [1.54, 1.807) is 23.1 Å². The van der Waals surface area contributed by atoms with E-state index in [1.165, 1.54) is 0 Å². The highest BCUT2D eigenvalue weighted by Gasteiger charge is 2.43. The van der Waals surface area contributed by atoms with Crippen LogP contribution in [-0.2, 0) is 6.54 Å². The van der Waals surface area contributed by atoms with Crippen molar-refractivity contribution in [1.82, 2.24) is 4.90 Å². The van der Waals surface area contributed by atoms with Gasteiger partial charge in [0.25, 0.3) is 5.91 Å². The zero-order chi connectivity index (χ0) is 26.3. The van der Waals surface area contributed by atoms with E-state index >= 15 is 0 Å². The SMILES string of the molecule is Cc1cc2oc3c(c(=O)c2cc1Cl)C(c1cccc(OCCC(C)C)c1)N(Cc1ccccc1Cl)C3=O. The lowest BCUT2D eigenvalue weighted by molar-refractivity contribution is 0.0714. The van der Waals surface area contributed by atoms with Crippen molar-refractivity contribution in [2.75, 3.05) is 6.61 Å². The molecule has 5 rings (SSSR count). The van der Waals surface area contributed by atoms with Crippen LogP contribution in [0.15, 0.2) is 69.9 Å². The second-order valence-corrected chi connectivity index (χ2v) is 10.6. The number of halogens is 2. The summed E-state index contributed by atoms with van der Waals surface area (Å²) in [6.07, 6.45) is 0.920. The third-order valence-electron chi connectivity index (χ3n) is 6.68. The fourth-order valence-corrected chi connectivity index (χ4v) is 5.01. The van der Waals surface area contributed by atoms with E-state index in [-0.39, 0.29) is 23.6 Å². The Kier molecular flexibility index (Phi) is 7.02. The van der Waals surface area contributed by atoms with E-state index < -0.39 is 6.04 Å². The first-order valence-corrected chi connectivity index (χ1v) is 13.0. The van der Waals surface area contributed by atoms with Crippen LogP contribution in [0.25, 0.3) is 11.0 Å². The number of nitrogens with zero attached hydrogens (tertiary/aromatic N) is 1. The monoisotopic (exact) mass is 535 g/mol. The number of fused-ring (bicyclic) bond motifs is 2. The van der Waals surface area contributed by atoms with E-state index in [2.05, 4.69) is 13.8 Å². The molecule has 1 amide bonds. The summed E-state index contributed by atoms with van der Waals surface area (Å²) in [7, 11) is 0. The highest BCUT2D eigenvalue weighted by Crippen LogP contribution is 2.41. The summed E-state index contributed by atoms with van der Waals surface area (Å²) in [4.78, 5) is 29.3. The minimum Gasteiger partial charge on any atom is -0.494 e. The molecule has 1 aromatic heterocycles. The number of ether oxygens (including phenoxy) is 1. The molecule has 0 bridgehead atoms. The van der Waals surface area contributed by atoms with Crippen LogP contribution in [0.4, 0.5) is 0 Å². The predicted molar refractivity (Wildman–Crippen MR) is 147 cm³/mol. The Hall–Kier alpha value is -3.28. The quantitative estimate of drug-likeness (QED) is 0.244. The summed E-state index contributed by atoms with van der Waals surface area (Å²) in [6.45, 7) is 6.90. The lowest BCUT2D eigenvalue weighted by Crippen LogP contribution is -2.29. The van der Waals surface area contributed by atoms with E-state index in [4.69, 9.17) is 32.4 Å². The van der Waals surface area contributed by atoms with E-state index in [1.807, 2.05) is 49.4 Å². The predicted octanol–water partition coefficient (Wildman–Crippen LogP) is 7.58. The topological polar surface area (TPSA) is 59.8 Å². The number of aryl methyl sites for hydroxylation is 1. The number of carbonyl (C=O) groups is 1. The Morgan fingerprint density at radius 3 is 2.54 bits per heavy atom. The number of rotatable bonds is 7. The average molecular weight is 536 g/mol. The first-order chi connectivity index (χ1) is 17.7. The minimum absolute atomic E-state index is 0.0439. The van der Waals surface area contributed by atoms with Crippen molar-refractivity contribution >= 4 is 40.1 Å². The average Bonchev–Trinajstić information content (AvgIpc) is 3.13. The van der Waals surface area contributed by atoms with Crippen molar-refractivity contribution in [3.63, 3.8) is 0 Å². The number of carbonyl (C=O) groups excluding carboxylic acids is 1. The first-order valence-electron chi connectivity index (χ1n) is 12.3. The number of amides is 1. The molecule has 37 heavy (non-hydrogen) atoms. The van der Waals surface area contributed by atoms with Crippen LogP contribution in [0.5, 0.6) is 5.75 Å². The zero-order valence-electron chi connectivity index (χ0n) is 20.9. The van der Waals surface area contributed by atoms with Crippen molar-refractivity contribution in [2.24, 2.45) is 5.92 Å². The largest absolute Gasteiger partial charge is 0.494 e. The maximum atomic E-state index is 13.9. The first kappa shape index (κ1) is 25.4. The molecule has 0 aliphatic carbocycles. The molecule has 0 spiro atoms. The minimum atomic E-state index is -0.673. The molecule has 0 saturated heterocycles. The molecular formula is C30H27Cl2NO4. The molecule has 0 radical (unpaired) electrons. The maximum absolute atomic E-state index is 13.9. The lowest BCUT2D eigenvalue weighted by Gasteiger charge is -2.26. The van der Waals surface area contributed by atoms with Crippen molar-refractivity contribution < 1.29 is 13.9 Å². The van der Waals surface area contributed by atoms with Gasteiger partial charge in [0.05, 0.1) is 23.6 Å². The summed E-state index contributed by atoms with van der Waals surface area (Å²) in [5.41, 5.74) is 2.65. The van der Waals surface area contributed by atoms with Crippen molar-refractivity contribution in [1.29, 1.82) is 0 Å². The Balaban J connectivity index is 1.66. The van der Waals surface area contributed by atoms with Gasteiger partial charge in [-0.15, -0.1) is 0 Å². The second kappa shape index (κ2) is 10.2. The summed E-state index contributed by atoms with van der Waals surface area (Å²) in [5, 5.41) is 1.35. The van der Waals surface area contributed by atoms with Gasteiger partial charge in [-0.1, -0.05) is 67.4 Å². The Morgan fingerprint density at radius 1 is 1.00 bits per heavy atom. The van der Waals surface area contributed by atoms with E-state index in [0.717, 1.165) is 23.1 Å². The van der Waals surface area contributed by atoms with Crippen LogP contribution in [0.1, 0.15) is 59.1 Å². The second-order valence-electron chi connectivity index (χ2n) is 9.80. The molecule has 5 nitrogen and oxygen atoms in total. The molecule has 0 N–H and O–H groups in total. The van der Waals surface area contributed by atoms with Crippen LogP contribution >= 0.6 is 23.2 Å². The number of benzene rings is 3. The molecule has 190 valence electrons. The van der Waals surface area contributed by atoms with Gasteiger partial charge in [-0.3, -0.25) is 9.59 Å². The van der Waals surface area contributed by atoms with E-state index in [9.17, 15) is 9.59 Å². The van der Waals surface area contributed by atoms with Crippen LogP contribution in [-0.4, -0.2) is 17.4 Å². The highest BCUT2D eigenvalue weighted by atomic mass is 35.5. The molecular weight excluding hydrogens is 509 g/mol. The third-order valence-corrected chi connectivity index (χ3v) is 7.46. The standard InChI is InChI=1S/C30H27Cl2NO4/c1-17(2)11-12-36-21-9-6-8-19(14-21)27-26-28(34)22-15-24(32)18(3)13-25(22)37-29(26)30(35)33(27)16-20-7-4-5-10-23(20)31/h4-10,13-15,17,27H,11-12,16H2,1-3H3. The molecule has 0 saturated carbocycles. The maximum Gasteiger partial charge on any atom is 0.291 e. The van der Waals surface area contributed by atoms with Crippen molar-refractivity contribution in [3.05, 3.63) is 109 Å². The van der Waals surface area contributed by atoms with Crippen molar-refractivity contribution in [2.45, 2.75) is 39.8 Å². The smallest absolute Gasteiger partial charge is 0.291 e. The van der Waals surface area contributed by atoms with Crippen LogP contribution < -0.4 is 10.2 Å². The molecule has 3 aromatic carbocycles. The van der Waals surface area contributed by atoms with Gasteiger partial charge in [-0.05, 0) is 66.3 Å². The van der Waals surface area contributed by atoms with Crippen LogP contribution in [0.2, 0.25) is 10.0 Å². The summed E-state index contributed by atoms with van der Waals surface area (Å²) >= 11 is 12.8. The molecule has 7 heteroatoms. The zero-order valence-corrected chi connectivity index (χ0v) is 22.4. The Labute approximate surface area is 225 Å². The van der Waals surface area contributed by atoms with E-state index in [0.29, 0.717) is 44.9 Å². The lowest BCUT2D eigenvalue weighted by atomic mass is 9.97. The highest BCUT2D eigenvalue weighted by molar-refractivity contribution is 6.32. The molecule has 4 aromatic rings. The normalized spacial score (nSPS) is 15.0. The van der Waals surface area contributed by atoms with Gasteiger partial charge in [0.1, 0.15) is 11.3 Å². The molecule has 1 aliphatic heterocycles. The fraction of sp³-hybridized carbons (Fsp3) is 0.267. The third kappa shape index (κ3) is 4.86. The molecule has 1 aliphatic rings. The number of hydrogen-bond donors (Lipinski definition) is 0. The molecule has 0 fully saturated rings. The Bertz CT molecular complexity index is 1560.